The second-order valence-corrected chi connectivity index (χ2v) is 5.74. The Kier molecular flexibility index (Phi) is 4.06. The van der Waals surface area contributed by atoms with E-state index in [9.17, 15) is 9.18 Å². The van der Waals surface area contributed by atoms with Crippen molar-refractivity contribution in [3.05, 3.63) is 54.1 Å². The van der Waals surface area contributed by atoms with Crippen molar-refractivity contribution < 1.29 is 9.18 Å². The minimum atomic E-state index is -0.298. The van der Waals surface area contributed by atoms with E-state index in [1.165, 1.54) is 12.1 Å². The Morgan fingerprint density at radius 2 is 2.00 bits per heavy atom. The largest absolute Gasteiger partial charge is 0.350 e. The van der Waals surface area contributed by atoms with Gasteiger partial charge in [-0.3, -0.25) is 4.79 Å². The first-order valence-electron chi connectivity index (χ1n) is 7.43. The van der Waals surface area contributed by atoms with Crippen LogP contribution >= 0.6 is 0 Å². The number of nitrogens with zero attached hydrogens (tertiary/aromatic N) is 3. The predicted octanol–water partition coefficient (Wildman–Crippen LogP) is 2.92. The van der Waals surface area contributed by atoms with Crippen LogP contribution in [0.25, 0.3) is 16.9 Å². The average molecular weight is 312 g/mol. The van der Waals surface area contributed by atoms with Gasteiger partial charge >= 0.3 is 0 Å². The van der Waals surface area contributed by atoms with Crippen molar-refractivity contribution >= 4 is 11.6 Å². The van der Waals surface area contributed by atoms with E-state index in [0.717, 1.165) is 11.3 Å². The summed E-state index contributed by atoms with van der Waals surface area (Å²) in [5, 5.41) is 7.17. The molecule has 0 spiro atoms. The number of halogens is 1. The van der Waals surface area contributed by atoms with Crippen LogP contribution in [0.2, 0.25) is 0 Å². The summed E-state index contributed by atoms with van der Waals surface area (Å²) in [5.74, 6) is -0.161. The zero-order valence-electron chi connectivity index (χ0n) is 13.0. The zero-order chi connectivity index (χ0) is 16.4. The highest BCUT2D eigenvalue weighted by atomic mass is 19.1. The van der Waals surface area contributed by atoms with Crippen molar-refractivity contribution in [2.24, 2.45) is 5.92 Å². The van der Waals surface area contributed by atoms with Crippen molar-refractivity contribution in [2.45, 2.75) is 13.8 Å². The first-order chi connectivity index (χ1) is 11.0. The maximum Gasteiger partial charge on any atom is 0.271 e. The number of hydrogen-bond donors (Lipinski definition) is 1. The van der Waals surface area contributed by atoms with Gasteiger partial charge in [0, 0.05) is 24.4 Å². The monoisotopic (exact) mass is 312 g/mol. The van der Waals surface area contributed by atoms with Crippen LogP contribution in [0.15, 0.2) is 42.6 Å². The fourth-order valence-electron chi connectivity index (χ4n) is 2.23. The maximum atomic E-state index is 13.1. The zero-order valence-corrected chi connectivity index (χ0v) is 13.0. The first kappa shape index (κ1) is 15.1. The van der Waals surface area contributed by atoms with Gasteiger partial charge in [0.15, 0.2) is 11.3 Å². The lowest BCUT2D eigenvalue weighted by molar-refractivity contribution is 0.0943. The Balaban J connectivity index is 1.98. The van der Waals surface area contributed by atoms with Crippen molar-refractivity contribution in [2.75, 3.05) is 6.54 Å². The number of hydrogen-bond acceptors (Lipinski definition) is 3. The molecule has 5 nitrogen and oxygen atoms in total. The van der Waals surface area contributed by atoms with Gasteiger partial charge in [-0.05, 0) is 36.2 Å². The lowest BCUT2D eigenvalue weighted by atomic mass is 10.1. The normalized spacial score (nSPS) is 11.1. The van der Waals surface area contributed by atoms with Gasteiger partial charge in [-0.15, -0.1) is 0 Å². The highest BCUT2D eigenvalue weighted by molar-refractivity contribution is 5.93. The summed E-state index contributed by atoms with van der Waals surface area (Å²) in [6.45, 7) is 4.64. The topological polar surface area (TPSA) is 59.3 Å². The quantitative estimate of drug-likeness (QED) is 0.806. The molecule has 0 aliphatic carbocycles. The SMILES string of the molecule is CC(C)CNC(=O)c1cc2nccc(-c3ccc(F)cc3)n2n1. The Bertz CT molecular complexity index is 839. The molecule has 3 aromatic rings. The lowest BCUT2D eigenvalue weighted by Gasteiger charge is -2.05. The minimum absolute atomic E-state index is 0.228. The van der Waals surface area contributed by atoms with Crippen LogP contribution < -0.4 is 5.32 Å². The van der Waals surface area contributed by atoms with Gasteiger partial charge in [-0.25, -0.2) is 13.9 Å². The number of fused-ring (bicyclic) bond motifs is 1. The van der Waals surface area contributed by atoms with Crippen molar-refractivity contribution in [1.82, 2.24) is 19.9 Å². The van der Waals surface area contributed by atoms with E-state index in [0.29, 0.717) is 23.8 Å². The molecule has 0 bridgehead atoms. The summed E-state index contributed by atoms with van der Waals surface area (Å²) in [6, 6.07) is 9.54. The molecular weight excluding hydrogens is 295 g/mol. The number of rotatable bonds is 4. The van der Waals surface area contributed by atoms with Crippen LogP contribution in [0.5, 0.6) is 0 Å². The Hall–Kier alpha value is -2.76. The van der Waals surface area contributed by atoms with E-state index in [2.05, 4.69) is 15.4 Å². The van der Waals surface area contributed by atoms with E-state index in [4.69, 9.17) is 0 Å². The molecule has 2 heterocycles. The summed E-state index contributed by atoms with van der Waals surface area (Å²) in [7, 11) is 0. The fourth-order valence-corrected chi connectivity index (χ4v) is 2.23. The lowest BCUT2D eigenvalue weighted by Crippen LogP contribution is -2.27. The van der Waals surface area contributed by atoms with E-state index >= 15 is 0 Å². The molecule has 0 aliphatic heterocycles. The van der Waals surface area contributed by atoms with Gasteiger partial charge in [-0.2, -0.15) is 5.10 Å². The van der Waals surface area contributed by atoms with Crippen molar-refractivity contribution in [3.63, 3.8) is 0 Å². The van der Waals surface area contributed by atoms with Crippen molar-refractivity contribution in [3.8, 4) is 11.3 Å². The summed E-state index contributed by atoms with van der Waals surface area (Å²) in [4.78, 5) is 16.4. The number of carbonyl (C=O) groups excluding carboxylic acids is 1. The highest BCUT2D eigenvalue weighted by Gasteiger charge is 2.14. The molecule has 0 saturated carbocycles. The van der Waals surface area contributed by atoms with Crippen LogP contribution in [-0.2, 0) is 0 Å². The molecule has 1 amide bonds. The third kappa shape index (κ3) is 3.21. The van der Waals surface area contributed by atoms with Crippen LogP contribution in [0.4, 0.5) is 4.39 Å². The molecule has 3 rings (SSSR count). The Morgan fingerprint density at radius 1 is 1.26 bits per heavy atom. The second-order valence-electron chi connectivity index (χ2n) is 5.74. The Morgan fingerprint density at radius 3 is 2.70 bits per heavy atom. The Labute approximate surface area is 133 Å². The van der Waals surface area contributed by atoms with Gasteiger partial charge in [0.05, 0.1) is 5.69 Å². The van der Waals surface area contributed by atoms with Gasteiger partial charge < -0.3 is 5.32 Å². The van der Waals surface area contributed by atoms with Crippen LogP contribution in [-0.4, -0.2) is 27.0 Å². The maximum absolute atomic E-state index is 13.1. The third-order valence-electron chi connectivity index (χ3n) is 3.40. The average Bonchev–Trinajstić information content (AvgIpc) is 2.97. The summed E-state index contributed by atoms with van der Waals surface area (Å²) in [5.41, 5.74) is 2.43. The van der Waals surface area contributed by atoms with E-state index in [1.54, 1.807) is 35.0 Å². The van der Waals surface area contributed by atoms with E-state index in [-0.39, 0.29) is 11.7 Å². The molecular formula is C17H17FN4O. The third-order valence-corrected chi connectivity index (χ3v) is 3.40. The molecule has 1 N–H and O–H groups in total. The van der Waals surface area contributed by atoms with E-state index < -0.39 is 0 Å². The number of carbonyl (C=O) groups is 1. The van der Waals surface area contributed by atoms with Crippen molar-refractivity contribution in [1.29, 1.82) is 0 Å². The van der Waals surface area contributed by atoms with Gasteiger partial charge in [0.25, 0.3) is 5.91 Å². The molecule has 0 unspecified atom stereocenters. The highest BCUT2D eigenvalue weighted by Crippen LogP contribution is 2.20. The summed E-state index contributed by atoms with van der Waals surface area (Å²) in [6.07, 6.45) is 1.64. The van der Waals surface area contributed by atoms with Gasteiger partial charge in [0.2, 0.25) is 0 Å². The smallest absolute Gasteiger partial charge is 0.271 e. The molecule has 0 atom stereocenters. The van der Waals surface area contributed by atoms with Crippen LogP contribution in [0.3, 0.4) is 0 Å². The second kappa shape index (κ2) is 6.16. The first-order valence-corrected chi connectivity index (χ1v) is 7.43. The standard InChI is InChI=1S/C17H17FN4O/c1-11(2)10-20-17(23)14-9-16-19-8-7-15(22(16)21-14)12-3-5-13(18)6-4-12/h3-9,11H,10H2,1-2H3,(H,20,23). The molecule has 1 aromatic carbocycles. The van der Waals surface area contributed by atoms with Gasteiger partial charge in [-0.1, -0.05) is 13.8 Å². The molecule has 23 heavy (non-hydrogen) atoms. The minimum Gasteiger partial charge on any atom is -0.350 e. The fraction of sp³-hybridized carbons (Fsp3) is 0.235. The number of benzene rings is 1. The molecule has 0 aliphatic rings. The molecule has 0 radical (unpaired) electrons. The van der Waals surface area contributed by atoms with Gasteiger partial charge in [0.1, 0.15) is 5.82 Å². The molecule has 0 fully saturated rings. The molecule has 2 aromatic heterocycles. The number of amides is 1. The van der Waals surface area contributed by atoms with Crippen LogP contribution in [0.1, 0.15) is 24.3 Å². The predicted molar refractivity (Wildman–Crippen MR) is 85.6 cm³/mol. The van der Waals surface area contributed by atoms with Crippen LogP contribution in [0, 0.1) is 11.7 Å². The molecule has 0 saturated heterocycles. The number of nitrogens with one attached hydrogen (secondary N) is 1. The van der Waals surface area contributed by atoms with E-state index in [1.807, 2.05) is 13.8 Å². The number of aromatic nitrogens is 3. The summed E-state index contributed by atoms with van der Waals surface area (Å²) >= 11 is 0. The summed E-state index contributed by atoms with van der Waals surface area (Å²) < 4.78 is 14.7. The molecule has 6 heteroatoms. The molecule has 118 valence electrons.